The van der Waals surface area contributed by atoms with E-state index in [2.05, 4.69) is 16.1 Å². The summed E-state index contributed by atoms with van der Waals surface area (Å²) in [4.78, 5) is 18.4. The van der Waals surface area contributed by atoms with Gasteiger partial charge in [-0.05, 0) is 48.5 Å². The van der Waals surface area contributed by atoms with Gasteiger partial charge in [0.2, 0.25) is 6.10 Å². The number of hydrogen-bond acceptors (Lipinski definition) is 5. The lowest BCUT2D eigenvalue weighted by molar-refractivity contribution is -0.127. The van der Waals surface area contributed by atoms with Gasteiger partial charge >= 0.3 is 0 Å². The summed E-state index contributed by atoms with van der Waals surface area (Å²) in [6.07, 6.45) is -0.269. The van der Waals surface area contributed by atoms with Gasteiger partial charge in [-0.25, -0.2) is 0 Å². The molecule has 2 aromatic carbocycles. The van der Waals surface area contributed by atoms with Gasteiger partial charge in [0.1, 0.15) is 5.75 Å². The maximum Gasteiger partial charge on any atom is 0.261 e. The van der Waals surface area contributed by atoms with E-state index in [-0.39, 0.29) is 0 Å². The van der Waals surface area contributed by atoms with E-state index >= 15 is 0 Å². The number of hydrogen-bond donors (Lipinski definition) is 1. The second kappa shape index (κ2) is 7.58. The van der Waals surface area contributed by atoms with Crippen molar-refractivity contribution in [3.63, 3.8) is 0 Å². The van der Waals surface area contributed by atoms with Crippen LogP contribution in [0.5, 0.6) is 5.75 Å². The molecule has 0 spiro atoms. The fourth-order valence-electron chi connectivity index (χ4n) is 2.97. The first-order chi connectivity index (χ1) is 12.5. The molecule has 1 amide bonds. The lowest BCUT2D eigenvalue weighted by Crippen LogP contribution is -2.28. The standard InChI is InChI=1S/C20H23N3O3/c1-23(2)12-15-8-9-16(25-3)10-17(15)13-4-6-14(7-5-13)18-11-19(20(21)24)26-22-18/h4-10,19H,11-12H2,1-3H3,(H2,21,24). The molecule has 26 heavy (non-hydrogen) atoms. The number of methoxy groups -OCH3 is 1. The van der Waals surface area contributed by atoms with Crippen molar-refractivity contribution >= 4 is 11.6 Å². The van der Waals surface area contributed by atoms with Crippen LogP contribution in [0.1, 0.15) is 17.5 Å². The summed E-state index contributed by atoms with van der Waals surface area (Å²) < 4.78 is 5.38. The summed E-state index contributed by atoms with van der Waals surface area (Å²) in [6, 6.07) is 14.2. The third-order valence-corrected chi connectivity index (χ3v) is 4.32. The van der Waals surface area contributed by atoms with Crippen LogP contribution in [-0.4, -0.2) is 43.8 Å². The smallest absolute Gasteiger partial charge is 0.261 e. The molecule has 6 heteroatoms. The summed E-state index contributed by atoms with van der Waals surface area (Å²) in [7, 11) is 5.76. The molecule has 1 aliphatic heterocycles. The molecular formula is C20H23N3O3. The molecule has 0 radical (unpaired) electrons. The second-order valence-corrected chi connectivity index (χ2v) is 6.58. The van der Waals surface area contributed by atoms with Gasteiger partial charge in [-0.3, -0.25) is 4.79 Å². The molecule has 0 fully saturated rings. The number of ether oxygens (including phenoxy) is 1. The van der Waals surface area contributed by atoms with E-state index in [1.165, 1.54) is 5.56 Å². The van der Waals surface area contributed by atoms with Crippen molar-refractivity contribution in [1.29, 1.82) is 0 Å². The van der Waals surface area contributed by atoms with E-state index < -0.39 is 12.0 Å². The van der Waals surface area contributed by atoms with E-state index in [9.17, 15) is 4.79 Å². The van der Waals surface area contributed by atoms with Gasteiger partial charge in [-0.2, -0.15) is 0 Å². The second-order valence-electron chi connectivity index (χ2n) is 6.58. The van der Waals surface area contributed by atoms with Crippen molar-refractivity contribution in [1.82, 2.24) is 4.90 Å². The number of amides is 1. The Labute approximate surface area is 153 Å². The first-order valence-electron chi connectivity index (χ1n) is 8.42. The molecule has 6 nitrogen and oxygen atoms in total. The van der Waals surface area contributed by atoms with E-state index in [1.54, 1.807) is 7.11 Å². The van der Waals surface area contributed by atoms with Gasteiger partial charge in [0.15, 0.2) is 0 Å². The van der Waals surface area contributed by atoms with Crippen molar-refractivity contribution in [2.24, 2.45) is 10.9 Å². The molecule has 2 N–H and O–H groups in total. The average molecular weight is 353 g/mol. The van der Waals surface area contributed by atoms with Crippen molar-refractivity contribution in [3.8, 4) is 16.9 Å². The zero-order valence-corrected chi connectivity index (χ0v) is 15.2. The topological polar surface area (TPSA) is 77.2 Å². The maximum absolute atomic E-state index is 11.2. The third kappa shape index (κ3) is 3.86. The number of nitrogens with two attached hydrogens (primary N) is 1. The van der Waals surface area contributed by atoms with E-state index in [1.807, 2.05) is 50.5 Å². The van der Waals surface area contributed by atoms with Crippen LogP contribution in [0.15, 0.2) is 47.6 Å². The number of carbonyl (C=O) groups is 1. The Kier molecular flexibility index (Phi) is 5.23. The Bertz CT molecular complexity index is 829. The van der Waals surface area contributed by atoms with Gasteiger partial charge < -0.3 is 20.2 Å². The molecular weight excluding hydrogens is 330 g/mol. The number of oxime groups is 1. The van der Waals surface area contributed by atoms with Crippen LogP contribution in [0, 0.1) is 0 Å². The molecule has 0 saturated carbocycles. The Hall–Kier alpha value is -2.86. The molecule has 0 aromatic heterocycles. The summed E-state index contributed by atoms with van der Waals surface area (Å²) in [5.41, 5.74) is 10.4. The quantitative estimate of drug-likeness (QED) is 0.865. The van der Waals surface area contributed by atoms with Crippen LogP contribution in [0.4, 0.5) is 0 Å². The molecule has 2 aromatic rings. The summed E-state index contributed by atoms with van der Waals surface area (Å²) in [6.45, 7) is 0.835. The van der Waals surface area contributed by atoms with E-state index in [0.717, 1.165) is 34.7 Å². The third-order valence-electron chi connectivity index (χ3n) is 4.32. The minimum absolute atomic E-state index is 0.402. The first kappa shape index (κ1) is 17.9. The normalized spacial score (nSPS) is 16.3. The Morgan fingerprint density at radius 2 is 1.92 bits per heavy atom. The Morgan fingerprint density at radius 3 is 2.50 bits per heavy atom. The molecule has 1 unspecified atom stereocenters. The molecule has 3 rings (SSSR count). The average Bonchev–Trinajstić information content (AvgIpc) is 3.12. The van der Waals surface area contributed by atoms with Crippen molar-refractivity contribution in [2.75, 3.05) is 21.2 Å². The van der Waals surface area contributed by atoms with Gasteiger partial charge in [0.05, 0.1) is 12.8 Å². The maximum atomic E-state index is 11.2. The molecule has 136 valence electrons. The molecule has 1 heterocycles. The van der Waals surface area contributed by atoms with Crippen LogP contribution >= 0.6 is 0 Å². The summed E-state index contributed by atoms with van der Waals surface area (Å²) >= 11 is 0. The van der Waals surface area contributed by atoms with Crippen molar-refractivity contribution in [3.05, 3.63) is 53.6 Å². The monoisotopic (exact) mass is 353 g/mol. The first-order valence-corrected chi connectivity index (χ1v) is 8.42. The molecule has 1 aliphatic rings. The Balaban J connectivity index is 1.88. The number of carbonyl (C=O) groups excluding carboxylic acids is 1. The summed E-state index contributed by atoms with van der Waals surface area (Å²) in [5, 5.41) is 3.98. The highest BCUT2D eigenvalue weighted by Gasteiger charge is 2.26. The van der Waals surface area contributed by atoms with Gasteiger partial charge in [-0.1, -0.05) is 35.5 Å². The lowest BCUT2D eigenvalue weighted by Gasteiger charge is -2.16. The van der Waals surface area contributed by atoms with Crippen LogP contribution < -0.4 is 10.5 Å². The predicted molar refractivity (Wildman–Crippen MR) is 101 cm³/mol. The lowest BCUT2D eigenvalue weighted by atomic mass is 9.96. The zero-order chi connectivity index (χ0) is 18.7. The highest BCUT2D eigenvalue weighted by atomic mass is 16.6. The van der Waals surface area contributed by atoms with E-state index in [4.69, 9.17) is 15.3 Å². The molecule has 0 saturated heterocycles. The number of primary amides is 1. The zero-order valence-electron chi connectivity index (χ0n) is 15.2. The number of benzene rings is 2. The minimum atomic E-state index is -0.672. The number of nitrogens with zero attached hydrogens (tertiary/aromatic N) is 2. The molecule has 0 aliphatic carbocycles. The minimum Gasteiger partial charge on any atom is -0.497 e. The van der Waals surface area contributed by atoms with Gasteiger partial charge in [-0.15, -0.1) is 0 Å². The fourth-order valence-corrected chi connectivity index (χ4v) is 2.97. The van der Waals surface area contributed by atoms with Crippen LogP contribution in [0.25, 0.3) is 11.1 Å². The van der Waals surface area contributed by atoms with Crippen LogP contribution in [-0.2, 0) is 16.2 Å². The molecule has 0 bridgehead atoms. The SMILES string of the molecule is COc1ccc(CN(C)C)c(-c2ccc(C3=NOC(C(N)=O)C3)cc2)c1. The summed E-state index contributed by atoms with van der Waals surface area (Å²) in [5.74, 6) is 0.328. The van der Waals surface area contributed by atoms with Crippen molar-refractivity contribution in [2.45, 2.75) is 19.1 Å². The van der Waals surface area contributed by atoms with Crippen LogP contribution in [0.2, 0.25) is 0 Å². The van der Waals surface area contributed by atoms with Gasteiger partial charge in [0.25, 0.3) is 5.91 Å². The highest BCUT2D eigenvalue weighted by molar-refractivity contribution is 6.04. The van der Waals surface area contributed by atoms with Crippen LogP contribution in [0.3, 0.4) is 0 Å². The van der Waals surface area contributed by atoms with Crippen molar-refractivity contribution < 1.29 is 14.4 Å². The number of rotatable bonds is 6. The van der Waals surface area contributed by atoms with E-state index in [0.29, 0.717) is 6.42 Å². The van der Waals surface area contributed by atoms with Gasteiger partial charge in [0, 0.05) is 13.0 Å². The largest absolute Gasteiger partial charge is 0.497 e. The predicted octanol–water partition coefficient (Wildman–Crippen LogP) is 2.40. The molecule has 1 atom stereocenters. The highest BCUT2D eigenvalue weighted by Crippen LogP contribution is 2.29. The Morgan fingerprint density at radius 1 is 1.23 bits per heavy atom. The fraction of sp³-hybridized carbons (Fsp3) is 0.300.